The maximum Gasteiger partial charge on any atom is 0.287 e. The number of carbonyl (C=O) groups is 2. The van der Waals surface area contributed by atoms with Crippen LogP contribution in [0.1, 0.15) is 47.9 Å². The van der Waals surface area contributed by atoms with Crippen molar-refractivity contribution >= 4 is 23.6 Å². The van der Waals surface area contributed by atoms with Crippen LogP contribution in [0, 0.1) is 0 Å². The number of hydrogen-bond acceptors (Lipinski definition) is 6. The van der Waals surface area contributed by atoms with Gasteiger partial charge in [-0.25, -0.2) is 0 Å². The number of aromatic nitrogens is 3. The molecule has 0 radical (unpaired) electrons. The highest BCUT2D eigenvalue weighted by Gasteiger charge is 2.23. The average molecular weight is 391 g/mol. The van der Waals surface area contributed by atoms with Gasteiger partial charge in [-0.1, -0.05) is 6.42 Å². The third-order valence-electron chi connectivity index (χ3n) is 4.58. The fourth-order valence-electron chi connectivity index (χ4n) is 3.11. The number of amides is 2. The summed E-state index contributed by atoms with van der Waals surface area (Å²) in [5.74, 6) is 2.09. The van der Waals surface area contributed by atoms with Gasteiger partial charge >= 0.3 is 0 Å². The number of fused-ring (bicyclic) bond motifs is 1. The molecule has 1 unspecified atom stereocenters. The normalized spacial score (nSPS) is 14.9. The van der Waals surface area contributed by atoms with E-state index >= 15 is 0 Å². The minimum absolute atomic E-state index is 0.194. The summed E-state index contributed by atoms with van der Waals surface area (Å²) >= 11 is 1.63. The molecule has 0 saturated heterocycles. The molecular weight excluding hydrogens is 366 g/mol. The Morgan fingerprint density at radius 3 is 3.00 bits per heavy atom. The molecule has 1 aliphatic heterocycles. The van der Waals surface area contributed by atoms with Crippen LogP contribution in [0.5, 0.6) is 0 Å². The summed E-state index contributed by atoms with van der Waals surface area (Å²) in [6.45, 7) is 1.19. The van der Waals surface area contributed by atoms with Crippen LogP contribution in [0.15, 0.2) is 22.8 Å². The predicted octanol–water partition coefficient (Wildman–Crippen LogP) is 1.77. The van der Waals surface area contributed by atoms with Gasteiger partial charge in [-0.05, 0) is 43.4 Å². The number of aryl methyl sites for hydroxylation is 1. The molecule has 9 heteroatoms. The van der Waals surface area contributed by atoms with Gasteiger partial charge in [0.1, 0.15) is 11.9 Å². The first kappa shape index (κ1) is 19.5. The van der Waals surface area contributed by atoms with Gasteiger partial charge in [0.25, 0.3) is 5.91 Å². The van der Waals surface area contributed by atoms with Gasteiger partial charge < -0.3 is 19.6 Å². The molecule has 0 aromatic carbocycles. The zero-order valence-corrected chi connectivity index (χ0v) is 16.3. The number of nitrogens with one attached hydrogen (secondary N) is 2. The molecular formula is C18H25N5O3S. The second-order valence-electron chi connectivity index (χ2n) is 6.50. The van der Waals surface area contributed by atoms with E-state index in [1.54, 1.807) is 23.9 Å². The smallest absolute Gasteiger partial charge is 0.287 e. The lowest BCUT2D eigenvalue weighted by Gasteiger charge is -2.17. The molecule has 8 nitrogen and oxygen atoms in total. The van der Waals surface area contributed by atoms with Crippen LogP contribution in [0.4, 0.5) is 0 Å². The van der Waals surface area contributed by atoms with Gasteiger partial charge in [-0.3, -0.25) is 9.59 Å². The molecule has 0 saturated carbocycles. The number of nitrogens with zero attached hydrogens (tertiary/aromatic N) is 3. The van der Waals surface area contributed by atoms with Crippen molar-refractivity contribution in [1.82, 2.24) is 25.4 Å². The molecule has 2 amide bonds. The summed E-state index contributed by atoms with van der Waals surface area (Å²) in [5, 5.41) is 14.1. The van der Waals surface area contributed by atoms with Crippen LogP contribution in [0.2, 0.25) is 0 Å². The molecule has 0 spiro atoms. The van der Waals surface area contributed by atoms with Gasteiger partial charge in [0.05, 0.1) is 12.8 Å². The molecule has 2 aromatic heterocycles. The highest BCUT2D eigenvalue weighted by atomic mass is 32.2. The molecule has 3 rings (SSSR count). The number of furan rings is 1. The van der Waals surface area contributed by atoms with Crippen LogP contribution in [-0.2, 0) is 24.3 Å². The highest BCUT2D eigenvalue weighted by molar-refractivity contribution is 7.98. The van der Waals surface area contributed by atoms with Gasteiger partial charge in [0.15, 0.2) is 11.6 Å². The number of hydrogen-bond donors (Lipinski definition) is 2. The maximum absolute atomic E-state index is 12.7. The summed E-state index contributed by atoms with van der Waals surface area (Å²) in [7, 11) is 0. The van der Waals surface area contributed by atoms with Crippen molar-refractivity contribution in [2.24, 2.45) is 0 Å². The highest BCUT2D eigenvalue weighted by Crippen LogP contribution is 2.14. The Morgan fingerprint density at radius 1 is 1.33 bits per heavy atom. The lowest BCUT2D eigenvalue weighted by atomic mass is 10.2. The summed E-state index contributed by atoms with van der Waals surface area (Å²) in [6, 6.07) is 2.59. The minimum atomic E-state index is -0.624. The number of rotatable bonds is 8. The van der Waals surface area contributed by atoms with E-state index in [4.69, 9.17) is 4.42 Å². The standard InChI is InChI=1S/C18H25N5O3S/c1-27-11-8-13(20-18(25)14-6-5-10-26-14)17(24)19-12-16-22-21-15-7-3-2-4-9-23(15)16/h5-6,10,13H,2-4,7-9,11-12H2,1H3,(H,19,24)(H,20,25). The lowest BCUT2D eigenvalue weighted by molar-refractivity contribution is -0.123. The molecule has 3 heterocycles. The first-order valence-electron chi connectivity index (χ1n) is 9.21. The third-order valence-corrected chi connectivity index (χ3v) is 5.23. The molecule has 0 fully saturated rings. The van der Waals surface area contributed by atoms with E-state index < -0.39 is 11.9 Å². The van der Waals surface area contributed by atoms with Crippen molar-refractivity contribution < 1.29 is 14.0 Å². The Balaban J connectivity index is 1.60. The molecule has 1 atom stereocenters. The van der Waals surface area contributed by atoms with E-state index in [9.17, 15) is 9.59 Å². The van der Waals surface area contributed by atoms with Crippen LogP contribution >= 0.6 is 11.8 Å². The van der Waals surface area contributed by atoms with Gasteiger partial charge in [-0.15, -0.1) is 10.2 Å². The zero-order valence-electron chi connectivity index (χ0n) is 15.4. The van der Waals surface area contributed by atoms with Crippen molar-refractivity contribution in [2.75, 3.05) is 12.0 Å². The van der Waals surface area contributed by atoms with Crippen molar-refractivity contribution in [3.8, 4) is 0 Å². The first-order valence-corrected chi connectivity index (χ1v) is 10.6. The molecule has 146 valence electrons. The average Bonchev–Trinajstić information content (AvgIpc) is 3.28. The molecule has 0 aliphatic carbocycles. The fraction of sp³-hybridized carbons (Fsp3) is 0.556. The zero-order chi connectivity index (χ0) is 19.1. The summed E-state index contributed by atoms with van der Waals surface area (Å²) in [6.07, 6.45) is 8.28. The van der Waals surface area contributed by atoms with Crippen molar-refractivity contribution in [2.45, 2.75) is 51.2 Å². The monoisotopic (exact) mass is 391 g/mol. The largest absolute Gasteiger partial charge is 0.459 e. The Labute approximate surface area is 162 Å². The topological polar surface area (TPSA) is 102 Å². The van der Waals surface area contributed by atoms with Crippen molar-refractivity contribution in [3.63, 3.8) is 0 Å². The summed E-state index contributed by atoms with van der Waals surface area (Å²) in [5.41, 5.74) is 0. The summed E-state index contributed by atoms with van der Waals surface area (Å²) in [4.78, 5) is 24.9. The van der Waals surface area contributed by atoms with E-state index in [1.165, 1.54) is 12.7 Å². The Kier molecular flexibility index (Phi) is 6.92. The van der Waals surface area contributed by atoms with Crippen molar-refractivity contribution in [3.05, 3.63) is 35.8 Å². The van der Waals surface area contributed by atoms with E-state index in [0.717, 1.165) is 43.2 Å². The van der Waals surface area contributed by atoms with E-state index in [2.05, 4.69) is 25.4 Å². The van der Waals surface area contributed by atoms with Crippen LogP contribution in [0.25, 0.3) is 0 Å². The predicted molar refractivity (Wildman–Crippen MR) is 102 cm³/mol. The summed E-state index contributed by atoms with van der Waals surface area (Å²) < 4.78 is 7.21. The Bertz CT molecular complexity index is 759. The van der Waals surface area contributed by atoms with Crippen LogP contribution < -0.4 is 10.6 Å². The van der Waals surface area contributed by atoms with Gasteiger partial charge in [0.2, 0.25) is 5.91 Å². The Hall–Kier alpha value is -2.29. The SMILES string of the molecule is CSCCC(NC(=O)c1ccco1)C(=O)NCc1nnc2n1CCCCC2. The minimum Gasteiger partial charge on any atom is -0.459 e. The second kappa shape index (κ2) is 9.59. The molecule has 2 N–H and O–H groups in total. The quantitative estimate of drug-likeness (QED) is 0.711. The van der Waals surface area contributed by atoms with E-state index in [-0.39, 0.29) is 11.7 Å². The van der Waals surface area contributed by atoms with Gasteiger partial charge in [-0.2, -0.15) is 11.8 Å². The maximum atomic E-state index is 12.7. The lowest BCUT2D eigenvalue weighted by Crippen LogP contribution is -2.47. The number of thioether (sulfide) groups is 1. The second-order valence-corrected chi connectivity index (χ2v) is 7.48. The third kappa shape index (κ3) is 5.12. The first-order chi connectivity index (χ1) is 13.2. The number of carbonyl (C=O) groups excluding carboxylic acids is 2. The van der Waals surface area contributed by atoms with Gasteiger partial charge in [0, 0.05) is 13.0 Å². The van der Waals surface area contributed by atoms with E-state index in [1.807, 2.05) is 6.26 Å². The molecule has 2 aromatic rings. The van der Waals surface area contributed by atoms with Crippen LogP contribution in [0.3, 0.4) is 0 Å². The molecule has 27 heavy (non-hydrogen) atoms. The molecule has 0 bridgehead atoms. The Morgan fingerprint density at radius 2 is 2.22 bits per heavy atom. The van der Waals surface area contributed by atoms with Crippen LogP contribution in [-0.4, -0.2) is 44.6 Å². The molecule has 1 aliphatic rings. The van der Waals surface area contributed by atoms with E-state index in [0.29, 0.717) is 13.0 Å². The van der Waals surface area contributed by atoms with Crippen molar-refractivity contribution in [1.29, 1.82) is 0 Å². The fourth-order valence-corrected chi connectivity index (χ4v) is 3.58.